The van der Waals surface area contributed by atoms with Gasteiger partial charge in [0.25, 0.3) is 0 Å². The number of nitrogens with zero attached hydrogens (tertiary/aromatic N) is 4. The van der Waals surface area contributed by atoms with Crippen LogP contribution in [-0.4, -0.2) is 33.3 Å². The lowest BCUT2D eigenvalue weighted by Crippen LogP contribution is -2.27. The fourth-order valence-electron chi connectivity index (χ4n) is 3.22. The van der Waals surface area contributed by atoms with Crippen LogP contribution < -0.4 is 5.32 Å². The molecule has 1 atom stereocenters. The Bertz CT molecular complexity index is 707. The van der Waals surface area contributed by atoms with Gasteiger partial charge in [0, 0.05) is 30.9 Å². The van der Waals surface area contributed by atoms with Gasteiger partial charge in [-0.3, -0.25) is 0 Å². The van der Waals surface area contributed by atoms with E-state index in [1.807, 2.05) is 19.9 Å². The zero-order chi connectivity index (χ0) is 16.5. The molecule has 1 saturated heterocycles. The molecule has 1 N–H and O–H groups in total. The molecule has 0 radical (unpaired) electrons. The van der Waals surface area contributed by atoms with Gasteiger partial charge in [0.05, 0.1) is 0 Å². The van der Waals surface area contributed by atoms with Crippen molar-refractivity contribution in [2.45, 2.75) is 51.5 Å². The summed E-state index contributed by atoms with van der Waals surface area (Å²) < 4.78 is 11.0. The number of hydrogen-bond donors (Lipinski definition) is 1. The molecule has 3 heterocycles. The van der Waals surface area contributed by atoms with Crippen molar-refractivity contribution in [3.63, 3.8) is 0 Å². The first kappa shape index (κ1) is 15.5. The van der Waals surface area contributed by atoms with E-state index in [9.17, 15) is 0 Å². The van der Waals surface area contributed by atoms with Crippen LogP contribution in [0.4, 0.5) is 5.82 Å². The Balaban J connectivity index is 1.61. The standard InChI is InChI=1S/C17H23N5O2/c1-10-9-14(21-16(18-10)13-3-4-13)20-15(12-5-7-23-8-6-12)17-19-11(2)22-24-17/h9,12-13,15H,3-8H2,1-2H3,(H,18,20,21)/t15-/m1/s1. The van der Waals surface area contributed by atoms with Crippen LogP contribution >= 0.6 is 0 Å². The molecule has 2 aliphatic rings. The highest BCUT2D eigenvalue weighted by Crippen LogP contribution is 2.39. The summed E-state index contributed by atoms with van der Waals surface area (Å²) in [5, 5.41) is 7.50. The molecule has 7 nitrogen and oxygen atoms in total. The van der Waals surface area contributed by atoms with E-state index in [4.69, 9.17) is 14.2 Å². The van der Waals surface area contributed by atoms with Gasteiger partial charge in [-0.1, -0.05) is 5.16 Å². The number of aromatic nitrogens is 4. The highest BCUT2D eigenvalue weighted by atomic mass is 16.5. The van der Waals surface area contributed by atoms with Crippen molar-refractivity contribution in [2.75, 3.05) is 18.5 Å². The molecule has 128 valence electrons. The van der Waals surface area contributed by atoms with Gasteiger partial charge in [-0.2, -0.15) is 4.98 Å². The van der Waals surface area contributed by atoms with E-state index >= 15 is 0 Å². The monoisotopic (exact) mass is 329 g/mol. The molecular formula is C17H23N5O2. The van der Waals surface area contributed by atoms with Gasteiger partial charge in [-0.25, -0.2) is 9.97 Å². The van der Waals surface area contributed by atoms with Crippen LogP contribution in [0.1, 0.15) is 60.9 Å². The Hall–Kier alpha value is -2.02. The van der Waals surface area contributed by atoms with Gasteiger partial charge in [0.15, 0.2) is 5.82 Å². The molecule has 0 bridgehead atoms. The summed E-state index contributed by atoms with van der Waals surface area (Å²) >= 11 is 0. The first-order valence-corrected chi connectivity index (χ1v) is 8.69. The number of nitrogens with one attached hydrogen (secondary N) is 1. The average molecular weight is 329 g/mol. The smallest absolute Gasteiger partial charge is 0.249 e. The number of aryl methyl sites for hydroxylation is 2. The molecule has 2 fully saturated rings. The van der Waals surface area contributed by atoms with Crippen molar-refractivity contribution in [3.8, 4) is 0 Å². The van der Waals surface area contributed by atoms with Gasteiger partial charge in [-0.05, 0) is 45.4 Å². The lowest BCUT2D eigenvalue weighted by Gasteiger charge is -2.29. The molecule has 4 rings (SSSR count). The summed E-state index contributed by atoms with van der Waals surface area (Å²) in [5.41, 5.74) is 0.988. The molecule has 1 aliphatic heterocycles. The van der Waals surface area contributed by atoms with Crippen LogP contribution in [-0.2, 0) is 4.74 Å². The van der Waals surface area contributed by atoms with Crippen molar-refractivity contribution in [1.82, 2.24) is 20.1 Å². The van der Waals surface area contributed by atoms with E-state index < -0.39 is 0 Å². The Labute approximate surface area is 141 Å². The predicted octanol–water partition coefficient (Wildman–Crippen LogP) is 2.93. The summed E-state index contributed by atoms with van der Waals surface area (Å²) in [7, 11) is 0. The van der Waals surface area contributed by atoms with Gasteiger partial charge in [0.2, 0.25) is 5.89 Å². The largest absolute Gasteiger partial charge is 0.381 e. The maximum absolute atomic E-state index is 5.50. The second kappa shape index (κ2) is 6.47. The fraction of sp³-hybridized carbons (Fsp3) is 0.647. The van der Waals surface area contributed by atoms with Crippen molar-refractivity contribution < 1.29 is 9.26 Å². The third-order valence-corrected chi connectivity index (χ3v) is 4.66. The highest BCUT2D eigenvalue weighted by molar-refractivity contribution is 5.39. The van der Waals surface area contributed by atoms with Crippen molar-refractivity contribution in [1.29, 1.82) is 0 Å². The number of rotatable bonds is 5. The Morgan fingerprint density at radius 1 is 1.08 bits per heavy atom. The molecule has 1 saturated carbocycles. The third kappa shape index (κ3) is 3.40. The molecule has 2 aromatic heterocycles. The summed E-state index contributed by atoms with van der Waals surface area (Å²) in [4.78, 5) is 13.7. The first-order chi connectivity index (χ1) is 11.7. The van der Waals surface area contributed by atoms with E-state index in [0.29, 0.717) is 23.6 Å². The van der Waals surface area contributed by atoms with Crippen molar-refractivity contribution in [3.05, 3.63) is 29.3 Å². The quantitative estimate of drug-likeness (QED) is 0.902. The first-order valence-electron chi connectivity index (χ1n) is 8.69. The van der Waals surface area contributed by atoms with Gasteiger partial charge in [0.1, 0.15) is 17.7 Å². The minimum Gasteiger partial charge on any atom is -0.381 e. The molecular weight excluding hydrogens is 306 g/mol. The topological polar surface area (TPSA) is 86.0 Å². The fourth-order valence-corrected chi connectivity index (χ4v) is 3.22. The van der Waals surface area contributed by atoms with E-state index in [1.54, 1.807) is 0 Å². The Morgan fingerprint density at radius 3 is 2.54 bits per heavy atom. The third-order valence-electron chi connectivity index (χ3n) is 4.66. The summed E-state index contributed by atoms with van der Waals surface area (Å²) in [6.45, 7) is 5.39. The summed E-state index contributed by atoms with van der Waals surface area (Å²) in [6.07, 6.45) is 4.32. The van der Waals surface area contributed by atoms with E-state index in [1.165, 1.54) is 12.8 Å². The SMILES string of the molecule is Cc1cc(N[C@@H](c2nc(C)no2)C2CCOCC2)nc(C2CC2)n1. The van der Waals surface area contributed by atoms with Gasteiger partial charge < -0.3 is 14.6 Å². The molecule has 0 aromatic carbocycles. The average Bonchev–Trinajstić information content (AvgIpc) is 3.35. The van der Waals surface area contributed by atoms with Crippen LogP contribution in [0.5, 0.6) is 0 Å². The molecule has 24 heavy (non-hydrogen) atoms. The second-order valence-corrected chi connectivity index (χ2v) is 6.78. The number of hydrogen-bond acceptors (Lipinski definition) is 7. The number of ether oxygens (including phenoxy) is 1. The maximum atomic E-state index is 5.50. The Kier molecular flexibility index (Phi) is 4.18. The van der Waals surface area contributed by atoms with Crippen LogP contribution in [0, 0.1) is 19.8 Å². The molecule has 0 unspecified atom stereocenters. The van der Waals surface area contributed by atoms with Crippen LogP contribution in [0.25, 0.3) is 0 Å². The molecule has 0 amide bonds. The zero-order valence-electron chi connectivity index (χ0n) is 14.2. The maximum Gasteiger partial charge on any atom is 0.249 e. The lowest BCUT2D eigenvalue weighted by atomic mass is 9.91. The van der Waals surface area contributed by atoms with E-state index in [-0.39, 0.29) is 6.04 Å². The van der Waals surface area contributed by atoms with Crippen molar-refractivity contribution in [2.24, 2.45) is 5.92 Å². The minimum atomic E-state index is -0.0450. The van der Waals surface area contributed by atoms with Crippen LogP contribution in [0.3, 0.4) is 0 Å². The van der Waals surface area contributed by atoms with Crippen LogP contribution in [0.2, 0.25) is 0 Å². The van der Waals surface area contributed by atoms with Gasteiger partial charge >= 0.3 is 0 Å². The predicted molar refractivity (Wildman–Crippen MR) is 87.7 cm³/mol. The molecule has 7 heteroatoms. The summed E-state index contributed by atoms with van der Waals surface area (Å²) in [5.74, 6) is 3.99. The minimum absolute atomic E-state index is 0.0450. The highest BCUT2D eigenvalue weighted by Gasteiger charge is 2.31. The Morgan fingerprint density at radius 2 is 1.88 bits per heavy atom. The molecule has 0 spiro atoms. The normalized spacial score (nSPS) is 20.1. The summed E-state index contributed by atoms with van der Waals surface area (Å²) in [6, 6.07) is 1.94. The molecule has 1 aliphatic carbocycles. The van der Waals surface area contributed by atoms with Crippen LogP contribution in [0.15, 0.2) is 10.6 Å². The van der Waals surface area contributed by atoms with E-state index in [2.05, 4.69) is 20.4 Å². The number of anilines is 1. The second-order valence-electron chi connectivity index (χ2n) is 6.78. The molecule has 2 aromatic rings. The van der Waals surface area contributed by atoms with E-state index in [0.717, 1.165) is 43.4 Å². The van der Waals surface area contributed by atoms with Gasteiger partial charge in [-0.15, -0.1) is 0 Å². The lowest BCUT2D eigenvalue weighted by molar-refractivity contribution is 0.0570. The zero-order valence-corrected chi connectivity index (χ0v) is 14.2. The van der Waals surface area contributed by atoms with Crippen molar-refractivity contribution >= 4 is 5.82 Å².